The molecule has 0 saturated carbocycles. The van der Waals surface area contributed by atoms with Crippen LogP contribution in [0.3, 0.4) is 0 Å². The second-order valence-corrected chi connectivity index (χ2v) is 6.57. The Bertz CT molecular complexity index is 836. The Labute approximate surface area is 146 Å². The summed E-state index contributed by atoms with van der Waals surface area (Å²) in [5, 5.41) is 3.05. The molecule has 0 unspecified atom stereocenters. The molecule has 5 nitrogen and oxygen atoms in total. The zero-order valence-electron chi connectivity index (χ0n) is 14.0. The number of hydrogen-bond donors (Lipinski definition) is 1. The van der Waals surface area contributed by atoms with Crippen molar-refractivity contribution >= 4 is 11.9 Å². The van der Waals surface area contributed by atoms with Crippen LogP contribution in [0.1, 0.15) is 29.7 Å². The number of benzene rings is 1. The standard InChI is InChI=1S/C20H19NO4/c1-3-5-12-6-4-7-13-14(12)9-15-16(19(22)21-18(13)15)10-24-17-8-11(2)20(23)25-17/h3-4,6-8,10,15,17-18H,1,5,9H2,2H3,(H,21,22)/b16-10+/t15-,17-,18-/m1/s1. The molecule has 1 aliphatic carbocycles. The van der Waals surface area contributed by atoms with Crippen molar-refractivity contribution in [1.82, 2.24) is 5.32 Å². The molecule has 1 fully saturated rings. The van der Waals surface area contributed by atoms with E-state index in [1.165, 1.54) is 23.0 Å². The Morgan fingerprint density at radius 1 is 1.40 bits per heavy atom. The summed E-state index contributed by atoms with van der Waals surface area (Å²) in [5.41, 5.74) is 4.81. The average molecular weight is 337 g/mol. The molecule has 4 rings (SSSR count). The minimum Gasteiger partial charge on any atom is -0.458 e. The van der Waals surface area contributed by atoms with Crippen molar-refractivity contribution in [3.8, 4) is 0 Å². The SMILES string of the molecule is C=CCc1cccc2c1C[C@@H]1/C(=C\O[C@H]3C=C(C)C(=O)O3)C(=O)N[C@H]21. The van der Waals surface area contributed by atoms with Crippen LogP contribution in [-0.2, 0) is 31.9 Å². The molecule has 3 atom stereocenters. The highest BCUT2D eigenvalue weighted by molar-refractivity contribution is 5.97. The molecule has 1 saturated heterocycles. The lowest BCUT2D eigenvalue weighted by Crippen LogP contribution is -2.19. The van der Waals surface area contributed by atoms with Gasteiger partial charge < -0.3 is 14.8 Å². The van der Waals surface area contributed by atoms with E-state index >= 15 is 0 Å². The van der Waals surface area contributed by atoms with E-state index in [0.717, 1.165) is 12.8 Å². The van der Waals surface area contributed by atoms with Crippen molar-refractivity contribution in [3.05, 3.63) is 71.0 Å². The monoisotopic (exact) mass is 337 g/mol. The minimum atomic E-state index is -0.757. The van der Waals surface area contributed by atoms with E-state index < -0.39 is 6.29 Å². The predicted molar refractivity (Wildman–Crippen MR) is 91.2 cm³/mol. The molecule has 128 valence electrons. The lowest BCUT2D eigenvalue weighted by Gasteiger charge is -2.11. The molecule has 1 aromatic rings. The smallest absolute Gasteiger partial charge is 0.336 e. The zero-order valence-corrected chi connectivity index (χ0v) is 14.0. The maximum Gasteiger partial charge on any atom is 0.336 e. The maximum atomic E-state index is 12.3. The number of carbonyl (C=O) groups is 2. The fraction of sp³-hybridized carbons (Fsp3) is 0.300. The van der Waals surface area contributed by atoms with Gasteiger partial charge in [0.15, 0.2) is 0 Å². The molecule has 1 aromatic carbocycles. The van der Waals surface area contributed by atoms with Gasteiger partial charge in [-0.05, 0) is 36.5 Å². The minimum absolute atomic E-state index is 0.0227. The van der Waals surface area contributed by atoms with Gasteiger partial charge in [0.2, 0.25) is 0 Å². The van der Waals surface area contributed by atoms with Crippen molar-refractivity contribution in [2.75, 3.05) is 0 Å². The third kappa shape index (κ3) is 2.56. The second-order valence-electron chi connectivity index (χ2n) is 6.57. The summed E-state index contributed by atoms with van der Waals surface area (Å²) in [6.07, 6.45) is 5.80. The number of nitrogens with one attached hydrogen (secondary N) is 1. The van der Waals surface area contributed by atoms with Crippen LogP contribution in [0, 0.1) is 5.92 Å². The summed E-state index contributed by atoms with van der Waals surface area (Å²) in [6.45, 7) is 5.49. The van der Waals surface area contributed by atoms with Gasteiger partial charge in [-0.1, -0.05) is 24.3 Å². The van der Waals surface area contributed by atoms with Gasteiger partial charge in [0.1, 0.15) is 0 Å². The number of hydrogen-bond acceptors (Lipinski definition) is 4. The van der Waals surface area contributed by atoms with Crippen LogP contribution in [0.15, 0.2) is 54.3 Å². The molecule has 0 bridgehead atoms. The fourth-order valence-electron chi connectivity index (χ4n) is 3.81. The van der Waals surface area contributed by atoms with Gasteiger partial charge in [0.25, 0.3) is 12.2 Å². The first-order valence-electron chi connectivity index (χ1n) is 8.36. The number of ether oxygens (including phenoxy) is 2. The van der Waals surface area contributed by atoms with Crippen molar-refractivity contribution in [3.63, 3.8) is 0 Å². The van der Waals surface area contributed by atoms with Crippen LogP contribution in [0.2, 0.25) is 0 Å². The number of cyclic esters (lactones) is 1. The quantitative estimate of drug-likeness (QED) is 0.397. The first-order chi connectivity index (χ1) is 12.1. The van der Waals surface area contributed by atoms with Crippen LogP contribution in [0.25, 0.3) is 0 Å². The molecule has 2 aliphatic heterocycles. The summed E-state index contributed by atoms with van der Waals surface area (Å²) in [7, 11) is 0. The molecule has 3 aliphatic rings. The molecule has 0 aromatic heterocycles. The highest BCUT2D eigenvalue weighted by Crippen LogP contribution is 2.45. The summed E-state index contributed by atoms with van der Waals surface area (Å²) >= 11 is 0. The van der Waals surface area contributed by atoms with Crippen LogP contribution in [0.5, 0.6) is 0 Å². The van der Waals surface area contributed by atoms with Crippen LogP contribution in [-0.4, -0.2) is 18.2 Å². The first-order valence-corrected chi connectivity index (χ1v) is 8.36. The second kappa shape index (κ2) is 5.92. The highest BCUT2D eigenvalue weighted by Gasteiger charge is 2.44. The van der Waals surface area contributed by atoms with Gasteiger partial charge in [-0.25, -0.2) is 4.79 Å². The number of allylic oxidation sites excluding steroid dienone is 1. The summed E-state index contributed by atoms with van der Waals surface area (Å²) < 4.78 is 10.6. The Hall–Kier alpha value is -2.82. The van der Waals surface area contributed by atoms with Gasteiger partial charge >= 0.3 is 5.97 Å². The molecule has 1 amide bonds. The van der Waals surface area contributed by atoms with Crippen molar-refractivity contribution in [2.24, 2.45) is 5.92 Å². The van der Waals surface area contributed by atoms with E-state index in [4.69, 9.17) is 9.47 Å². The van der Waals surface area contributed by atoms with E-state index in [-0.39, 0.29) is 23.8 Å². The first kappa shape index (κ1) is 15.7. The number of amides is 1. The zero-order chi connectivity index (χ0) is 17.6. The number of esters is 1. The van der Waals surface area contributed by atoms with Crippen molar-refractivity contribution < 1.29 is 19.1 Å². The molecule has 2 heterocycles. The lowest BCUT2D eigenvalue weighted by molar-refractivity contribution is -0.152. The van der Waals surface area contributed by atoms with Gasteiger partial charge in [-0.15, -0.1) is 6.58 Å². The summed E-state index contributed by atoms with van der Waals surface area (Å²) in [4.78, 5) is 23.7. The van der Waals surface area contributed by atoms with Crippen molar-refractivity contribution in [1.29, 1.82) is 0 Å². The Morgan fingerprint density at radius 2 is 2.24 bits per heavy atom. The van der Waals surface area contributed by atoms with Crippen LogP contribution >= 0.6 is 0 Å². The molecule has 1 N–H and O–H groups in total. The molecule has 25 heavy (non-hydrogen) atoms. The Balaban J connectivity index is 1.58. The largest absolute Gasteiger partial charge is 0.458 e. The topological polar surface area (TPSA) is 64.6 Å². The molecule has 5 heteroatoms. The van der Waals surface area contributed by atoms with E-state index in [9.17, 15) is 9.59 Å². The Kier molecular flexibility index (Phi) is 3.71. The normalized spacial score (nSPS) is 28.3. The lowest BCUT2D eigenvalue weighted by atomic mass is 9.97. The number of carbonyl (C=O) groups excluding carboxylic acids is 2. The van der Waals surface area contributed by atoms with E-state index in [2.05, 4.69) is 24.0 Å². The molecule has 0 spiro atoms. The van der Waals surface area contributed by atoms with Gasteiger partial charge in [-0.2, -0.15) is 0 Å². The maximum absolute atomic E-state index is 12.3. The summed E-state index contributed by atoms with van der Waals surface area (Å²) in [5.74, 6) is -0.477. The third-order valence-corrected chi connectivity index (χ3v) is 5.04. The summed E-state index contributed by atoms with van der Waals surface area (Å²) in [6, 6.07) is 6.18. The van der Waals surface area contributed by atoms with E-state index in [1.807, 2.05) is 12.1 Å². The Morgan fingerprint density at radius 3 is 2.96 bits per heavy atom. The van der Waals surface area contributed by atoms with E-state index in [0.29, 0.717) is 11.1 Å². The predicted octanol–water partition coefficient (Wildman–Crippen LogP) is 2.49. The van der Waals surface area contributed by atoms with Crippen molar-refractivity contribution in [2.45, 2.75) is 32.1 Å². The third-order valence-electron chi connectivity index (χ3n) is 5.04. The van der Waals surface area contributed by atoms with Gasteiger partial charge in [0, 0.05) is 17.6 Å². The van der Waals surface area contributed by atoms with Gasteiger partial charge in [-0.3, -0.25) is 4.79 Å². The average Bonchev–Trinajstić information content (AvgIpc) is 3.19. The van der Waals surface area contributed by atoms with Gasteiger partial charge in [0.05, 0.1) is 17.9 Å². The molecular weight excluding hydrogens is 318 g/mol. The van der Waals surface area contributed by atoms with E-state index in [1.54, 1.807) is 13.0 Å². The fourth-order valence-corrected chi connectivity index (χ4v) is 3.81. The van der Waals surface area contributed by atoms with Crippen LogP contribution in [0.4, 0.5) is 0 Å². The molecule has 0 radical (unpaired) electrons. The van der Waals surface area contributed by atoms with Crippen LogP contribution < -0.4 is 5.32 Å². The molecular formula is C20H19NO4. The number of rotatable bonds is 4. The number of fused-ring (bicyclic) bond motifs is 3. The highest BCUT2D eigenvalue weighted by atomic mass is 16.7.